The number of hydrogen-bond donors (Lipinski definition) is 1. The first-order valence-electron chi connectivity index (χ1n) is 4.84. The molecule has 0 saturated carbocycles. The third-order valence-electron chi connectivity index (χ3n) is 2.44. The zero-order chi connectivity index (χ0) is 11.7. The molecule has 0 bridgehead atoms. The fourth-order valence-corrected chi connectivity index (χ4v) is 1.61. The third-order valence-corrected chi connectivity index (χ3v) is 2.44. The summed E-state index contributed by atoms with van der Waals surface area (Å²) in [5.41, 5.74) is 1.13. The lowest BCUT2D eigenvalue weighted by Crippen LogP contribution is -2.22. The molecular weight excluding hydrogens is 206 g/mol. The van der Waals surface area contributed by atoms with E-state index in [1.54, 1.807) is 19.3 Å². The molecule has 1 N–H and O–H groups in total. The highest BCUT2D eigenvalue weighted by atomic mass is 16.1. The average Bonchev–Trinajstić information content (AvgIpc) is 2.30. The monoisotopic (exact) mass is 217 g/mol. The van der Waals surface area contributed by atoms with E-state index < -0.39 is 0 Å². The number of rotatable bonds is 2. The van der Waals surface area contributed by atoms with Crippen molar-refractivity contribution in [3.05, 3.63) is 39.8 Å². The topological polar surface area (TPSA) is 63.5 Å². The van der Waals surface area contributed by atoms with Gasteiger partial charge in [0.05, 0.1) is 0 Å². The Morgan fingerprint density at radius 1 is 1.50 bits per heavy atom. The molecule has 5 heteroatoms. The second-order valence-corrected chi connectivity index (χ2v) is 3.43. The van der Waals surface area contributed by atoms with Crippen LogP contribution in [-0.4, -0.2) is 22.7 Å². The molecule has 0 fully saturated rings. The number of aryl methyl sites for hydroxylation is 1. The van der Waals surface area contributed by atoms with Crippen molar-refractivity contribution in [3.8, 4) is 0 Å². The molecule has 2 heterocycles. The maximum Gasteiger partial charge on any atom is 0.270 e. The Hall–Kier alpha value is -2.17. The van der Waals surface area contributed by atoms with Crippen molar-refractivity contribution >= 4 is 17.8 Å². The fraction of sp³-hybridized carbons (Fsp3) is 0.182. The smallest absolute Gasteiger partial charge is 0.270 e. The van der Waals surface area contributed by atoms with Crippen LogP contribution in [0.3, 0.4) is 0 Å². The van der Waals surface area contributed by atoms with E-state index in [0.717, 1.165) is 5.56 Å². The van der Waals surface area contributed by atoms with Gasteiger partial charge in [0.25, 0.3) is 5.56 Å². The minimum atomic E-state index is -0.354. The molecule has 0 radical (unpaired) electrons. The first-order valence-corrected chi connectivity index (χ1v) is 4.84. The number of nitrogens with zero attached hydrogens (tertiary/aromatic N) is 2. The number of pyridine rings is 1. The average molecular weight is 217 g/mol. The Morgan fingerprint density at radius 2 is 2.25 bits per heavy atom. The van der Waals surface area contributed by atoms with Crippen LogP contribution < -0.4 is 10.9 Å². The number of fused-ring (bicyclic) bond motifs is 1. The molecule has 2 aromatic rings. The molecular formula is C11H11N3O2. The highest BCUT2D eigenvalue weighted by Gasteiger charge is 2.11. The van der Waals surface area contributed by atoms with Gasteiger partial charge in [0.1, 0.15) is 17.0 Å². The van der Waals surface area contributed by atoms with Crippen molar-refractivity contribution in [2.45, 2.75) is 6.92 Å². The molecule has 0 aliphatic rings. The lowest BCUT2D eigenvalue weighted by molar-refractivity contribution is 0.112. The fourth-order valence-electron chi connectivity index (χ4n) is 1.61. The first kappa shape index (κ1) is 10.4. The molecule has 2 aromatic heterocycles. The van der Waals surface area contributed by atoms with Crippen LogP contribution in [0.4, 0.5) is 5.82 Å². The highest BCUT2D eigenvalue weighted by molar-refractivity contribution is 5.82. The van der Waals surface area contributed by atoms with Crippen LogP contribution in [0.15, 0.2) is 23.1 Å². The third kappa shape index (κ3) is 1.37. The van der Waals surface area contributed by atoms with E-state index in [2.05, 4.69) is 10.3 Å². The molecule has 0 aromatic carbocycles. The summed E-state index contributed by atoms with van der Waals surface area (Å²) < 4.78 is 1.37. The predicted octanol–water partition coefficient (Wildman–Crippen LogP) is 0.857. The van der Waals surface area contributed by atoms with E-state index in [1.807, 2.05) is 13.0 Å². The van der Waals surface area contributed by atoms with Crippen LogP contribution in [0.1, 0.15) is 15.9 Å². The van der Waals surface area contributed by atoms with Crippen molar-refractivity contribution < 1.29 is 4.79 Å². The highest BCUT2D eigenvalue weighted by Crippen LogP contribution is 2.10. The van der Waals surface area contributed by atoms with Crippen LogP contribution >= 0.6 is 0 Å². The van der Waals surface area contributed by atoms with Crippen molar-refractivity contribution in [1.82, 2.24) is 9.38 Å². The first-order chi connectivity index (χ1) is 7.69. The lowest BCUT2D eigenvalue weighted by atomic mass is 10.2. The van der Waals surface area contributed by atoms with Gasteiger partial charge in [-0.1, -0.05) is 6.07 Å². The summed E-state index contributed by atoms with van der Waals surface area (Å²) in [4.78, 5) is 27.0. The van der Waals surface area contributed by atoms with E-state index in [9.17, 15) is 9.59 Å². The van der Waals surface area contributed by atoms with Crippen molar-refractivity contribution in [2.75, 3.05) is 12.4 Å². The molecule has 82 valence electrons. The molecule has 0 unspecified atom stereocenters. The van der Waals surface area contributed by atoms with E-state index in [1.165, 1.54) is 4.40 Å². The second kappa shape index (κ2) is 3.77. The quantitative estimate of drug-likeness (QED) is 0.758. The number of carbonyl (C=O) groups is 1. The molecule has 0 aliphatic heterocycles. The molecule has 16 heavy (non-hydrogen) atoms. The van der Waals surface area contributed by atoms with Gasteiger partial charge in [-0.2, -0.15) is 0 Å². The summed E-state index contributed by atoms with van der Waals surface area (Å²) in [5.74, 6) is 0.314. The Labute approximate surface area is 91.7 Å². The van der Waals surface area contributed by atoms with Gasteiger partial charge in [0.2, 0.25) is 0 Å². The van der Waals surface area contributed by atoms with Gasteiger partial charge in [-0.05, 0) is 18.6 Å². The summed E-state index contributed by atoms with van der Waals surface area (Å²) in [6.45, 7) is 1.86. The van der Waals surface area contributed by atoms with Crippen molar-refractivity contribution in [2.24, 2.45) is 0 Å². The van der Waals surface area contributed by atoms with Gasteiger partial charge < -0.3 is 5.32 Å². The van der Waals surface area contributed by atoms with E-state index in [4.69, 9.17) is 0 Å². The number of aromatic nitrogens is 2. The normalized spacial score (nSPS) is 10.4. The van der Waals surface area contributed by atoms with Crippen molar-refractivity contribution in [3.63, 3.8) is 0 Å². The minimum Gasteiger partial charge on any atom is -0.372 e. The van der Waals surface area contributed by atoms with Crippen LogP contribution in [-0.2, 0) is 0 Å². The van der Waals surface area contributed by atoms with Gasteiger partial charge >= 0.3 is 0 Å². The number of aldehydes is 1. The zero-order valence-corrected chi connectivity index (χ0v) is 9.02. The largest absolute Gasteiger partial charge is 0.372 e. The van der Waals surface area contributed by atoms with E-state index >= 15 is 0 Å². The Kier molecular flexibility index (Phi) is 2.44. The number of carbonyl (C=O) groups excluding carboxylic acids is 1. The van der Waals surface area contributed by atoms with E-state index in [-0.39, 0.29) is 11.1 Å². The van der Waals surface area contributed by atoms with Crippen LogP contribution in [0, 0.1) is 6.92 Å². The minimum absolute atomic E-state index is 0.0469. The van der Waals surface area contributed by atoms with Gasteiger partial charge in [-0.25, -0.2) is 4.98 Å². The molecule has 0 saturated heterocycles. The molecule has 0 aliphatic carbocycles. The zero-order valence-electron chi connectivity index (χ0n) is 9.02. The maximum absolute atomic E-state index is 11.9. The standard InChI is InChI=1S/C11H11N3O2/c1-7-4-3-5-14-10(7)13-9(12-2)8(6-15)11(14)16/h3-6,12H,1-2H3. The Balaban J connectivity index is 2.99. The molecule has 0 spiro atoms. The van der Waals surface area contributed by atoms with Gasteiger partial charge in [0.15, 0.2) is 6.29 Å². The molecule has 0 atom stereocenters. The SMILES string of the molecule is CNc1nc2c(C)cccn2c(=O)c1C=O. The summed E-state index contributed by atoms with van der Waals surface area (Å²) >= 11 is 0. The van der Waals surface area contributed by atoms with Gasteiger partial charge in [-0.3, -0.25) is 14.0 Å². The Bertz CT molecular complexity index is 616. The maximum atomic E-state index is 11.9. The number of anilines is 1. The van der Waals surface area contributed by atoms with Gasteiger partial charge in [-0.15, -0.1) is 0 Å². The van der Waals surface area contributed by atoms with Crippen LogP contribution in [0.2, 0.25) is 0 Å². The molecule has 5 nitrogen and oxygen atoms in total. The number of nitrogens with one attached hydrogen (secondary N) is 1. The van der Waals surface area contributed by atoms with Crippen molar-refractivity contribution in [1.29, 1.82) is 0 Å². The molecule has 0 amide bonds. The summed E-state index contributed by atoms with van der Waals surface area (Å²) in [6, 6.07) is 3.61. The van der Waals surface area contributed by atoms with Crippen LogP contribution in [0.5, 0.6) is 0 Å². The number of hydrogen-bond acceptors (Lipinski definition) is 4. The summed E-state index contributed by atoms with van der Waals surface area (Å²) in [6.07, 6.45) is 2.13. The second-order valence-electron chi connectivity index (χ2n) is 3.43. The van der Waals surface area contributed by atoms with E-state index in [0.29, 0.717) is 17.8 Å². The summed E-state index contributed by atoms with van der Waals surface area (Å²) in [5, 5.41) is 2.75. The lowest BCUT2D eigenvalue weighted by Gasteiger charge is -2.07. The van der Waals surface area contributed by atoms with Crippen LogP contribution in [0.25, 0.3) is 5.65 Å². The summed E-state index contributed by atoms with van der Waals surface area (Å²) in [7, 11) is 1.63. The Morgan fingerprint density at radius 3 is 2.88 bits per heavy atom. The van der Waals surface area contributed by atoms with Gasteiger partial charge in [0, 0.05) is 13.2 Å². The predicted molar refractivity (Wildman–Crippen MR) is 61.1 cm³/mol. The molecule has 2 rings (SSSR count).